The van der Waals surface area contributed by atoms with Gasteiger partial charge in [0.15, 0.2) is 0 Å². The molecule has 0 spiro atoms. The number of rotatable bonds is 5. The number of hydrogen-bond donors (Lipinski definition) is 1. The van der Waals surface area contributed by atoms with Crippen molar-refractivity contribution in [2.45, 2.75) is 52.0 Å². The third kappa shape index (κ3) is 2.95. The zero-order valence-electron chi connectivity index (χ0n) is 12.1. The summed E-state index contributed by atoms with van der Waals surface area (Å²) < 4.78 is 0. The molecule has 3 unspecified atom stereocenters. The van der Waals surface area contributed by atoms with Gasteiger partial charge in [-0.15, -0.1) is 0 Å². The van der Waals surface area contributed by atoms with Crippen LogP contribution < -0.4 is 5.32 Å². The predicted octanol–water partition coefficient (Wildman–Crippen LogP) is 4.34. The number of fused-ring (bicyclic) bond motifs is 1. The molecule has 3 atom stereocenters. The minimum absolute atomic E-state index is 0.564. The minimum Gasteiger partial charge on any atom is -0.313 e. The normalized spacial score (nSPS) is 24.6. The van der Waals surface area contributed by atoms with Crippen LogP contribution in [0.15, 0.2) is 24.3 Å². The summed E-state index contributed by atoms with van der Waals surface area (Å²) >= 11 is 0. The molecule has 1 aliphatic carbocycles. The molecular formula is C17H27N. The molecule has 1 aromatic rings. The summed E-state index contributed by atoms with van der Waals surface area (Å²) in [6.07, 6.45) is 6.66. The van der Waals surface area contributed by atoms with Gasteiger partial charge in [-0.3, -0.25) is 0 Å². The highest BCUT2D eigenvalue weighted by atomic mass is 14.9. The Hall–Kier alpha value is -0.820. The minimum atomic E-state index is 0.564. The van der Waals surface area contributed by atoms with Crippen molar-refractivity contribution in [3.05, 3.63) is 35.4 Å². The second kappa shape index (κ2) is 6.38. The molecule has 0 bridgehead atoms. The fourth-order valence-corrected chi connectivity index (χ4v) is 3.60. The average molecular weight is 245 g/mol. The smallest absolute Gasteiger partial charge is 0.0349 e. The highest BCUT2D eigenvalue weighted by molar-refractivity contribution is 5.32. The summed E-state index contributed by atoms with van der Waals surface area (Å²) in [4.78, 5) is 0. The highest BCUT2D eigenvalue weighted by Crippen LogP contribution is 2.38. The lowest BCUT2D eigenvalue weighted by Crippen LogP contribution is -2.31. The lowest BCUT2D eigenvalue weighted by molar-refractivity contribution is 0.270. The molecule has 0 aromatic heterocycles. The van der Waals surface area contributed by atoms with Gasteiger partial charge in [-0.2, -0.15) is 0 Å². The Labute approximate surface area is 112 Å². The first kappa shape index (κ1) is 13.6. The molecule has 1 N–H and O–H groups in total. The van der Waals surface area contributed by atoms with E-state index in [9.17, 15) is 0 Å². The van der Waals surface area contributed by atoms with Crippen LogP contribution in [0.1, 0.15) is 56.7 Å². The van der Waals surface area contributed by atoms with E-state index in [1.54, 1.807) is 11.1 Å². The molecule has 0 fully saturated rings. The maximum atomic E-state index is 3.56. The van der Waals surface area contributed by atoms with Gasteiger partial charge in [-0.1, -0.05) is 51.0 Å². The zero-order chi connectivity index (χ0) is 13.0. The van der Waals surface area contributed by atoms with Gasteiger partial charge in [0.05, 0.1) is 0 Å². The summed E-state index contributed by atoms with van der Waals surface area (Å²) in [5.41, 5.74) is 3.09. The molecule has 2 rings (SSSR count). The summed E-state index contributed by atoms with van der Waals surface area (Å²) in [5.74, 6) is 1.67. The van der Waals surface area contributed by atoms with Crippen LogP contribution in [-0.2, 0) is 6.42 Å². The first-order valence-electron chi connectivity index (χ1n) is 7.51. The lowest BCUT2D eigenvalue weighted by atomic mass is 9.75. The third-order valence-corrected chi connectivity index (χ3v) is 4.44. The fraction of sp³-hybridized carbons (Fsp3) is 0.647. The Kier molecular flexibility index (Phi) is 4.82. The van der Waals surface area contributed by atoms with E-state index in [4.69, 9.17) is 0 Å². The van der Waals surface area contributed by atoms with E-state index in [0.29, 0.717) is 6.04 Å². The Bertz CT molecular complexity index is 372. The van der Waals surface area contributed by atoms with Crippen molar-refractivity contribution < 1.29 is 0 Å². The van der Waals surface area contributed by atoms with Crippen molar-refractivity contribution >= 4 is 0 Å². The Morgan fingerprint density at radius 3 is 2.83 bits per heavy atom. The SMILES string of the molecule is CCCC(C)CC1CCc2ccccc2C1NC. The second-order valence-corrected chi connectivity index (χ2v) is 5.89. The van der Waals surface area contributed by atoms with Crippen LogP contribution in [0.4, 0.5) is 0 Å². The molecule has 1 nitrogen and oxygen atoms in total. The maximum absolute atomic E-state index is 3.56. The van der Waals surface area contributed by atoms with Gasteiger partial charge in [-0.05, 0) is 49.3 Å². The van der Waals surface area contributed by atoms with Gasteiger partial charge in [0, 0.05) is 6.04 Å². The van der Waals surface area contributed by atoms with E-state index in [1.165, 1.54) is 32.1 Å². The van der Waals surface area contributed by atoms with Crippen LogP contribution in [0.5, 0.6) is 0 Å². The van der Waals surface area contributed by atoms with Crippen molar-refractivity contribution in [1.82, 2.24) is 5.32 Å². The van der Waals surface area contributed by atoms with Crippen molar-refractivity contribution in [3.8, 4) is 0 Å². The molecular weight excluding hydrogens is 218 g/mol. The molecule has 0 heterocycles. The topological polar surface area (TPSA) is 12.0 Å². The van der Waals surface area contributed by atoms with E-state index in [-0.39, 0.29) is 0 Å². The monoisotopic (exact) mass is 245 g/mol. The molecule has 1 aromatic carbocycles. The predicted molar refractivity (Wildman–Crippen MR) is 78.7 cm³/mol. The van der Waals surface area contributed by atoms with Crippen LogP contribution in [0.3, 0.4) is 0 Å². The van der Waals surface area contributed by atoms with Gasteiger partial charge in [0.25, 0.3) is 0 Å². The highest BCUT2D eigenvalue weighted by Gasteiger charge is 2.28. The maximum Gasteiger partial charge on any atom is 0.0349 e. The summed E-state index contributed by atoms with van der Waals surface area (Å²) in [6, 6.07) is 9.53. The number of aryl methyl sites for hydroxylation is 1. The summed E-state index contributed by atoms with van der Waals surface area (Å²) in [7, 11) is 2.12. The molecule has 0 saturated carbocycles. The van der Waals surface area contributed by atoms with Crippen molar-refractivity contribution in [2.75, 3.05) is 7.05 Å². The van der Waals surface area contributed by atoms with Crippen molar-refractivity contribution in [3.63, 3.8) is 0 Å². The largest absolute Gasteiger partial charge is 0.313 e. The van der Waals surface area contributed by atoms with Crippen LogP contribution in [-0.4, -0.2) is 7.05 Å². The van der Waals surface area contributed by atoms with Crippen LogP contribution in [0.2, 0.25) is 0 Å². The number of hydrogen-bond acceptors (Lipinski definition) is 1. The Morgan fingerprint density at radius 2 is 2.11 bits per heavy atom. The third-order valence-electron chi connectivity index (χ3n) is 4.44. The number of nitrogens with one attached hydrogen (secondary N) is 1. The summed E-state index contributed by atoms with van der Waals surface area (Å²) in [6.45, 7) is 4.71. The summed E-state index contributed by atoms with van der Waals surface area (Å²) in [5, 5.41) is 3.56. The van der Waals surface area contributed by atoms with Gasteiger partial charge < -0.3 is 5.32 Å². The van der Waals surface area contributed by atoms with Crippen molar-refractivity contribution in [2.24, 2.45) is 11.8 Å². The first-order chi connectivity index (χ1) is 8.76. The molecule has 0 radical (unpaired) electrons. The number of benzene rings is 1. The zero-order valence-corrected chi connectivity index (χ0v) is 12.1. The molecule has 1 heteroatoms. The fourth-order valence-electron chi connectivity index (χ4n) is 3.60. The van der Waals surface area contributed by atoms with Crippen molar-refractivity contribution in [1.29, 1.82) is 0 Å². The van der Waals surface area contributed by atoms with E-state index in [1.807, 2.05) is 0 Å². The lowest BCUT2D eigenvalue weighted by Gasteiger charge is -2.35. The van der Waals surface area contributed by atoms with Crippen LogP contribution >= 0.6 is 0 Å². The van der Waals surface area contributed by atoms with E-state index in [0.717, 1.165) is 11.8 Å². The van der Waals surface area contributed by atoms with Gasteiger partial charge in [0.1, 0.15) is 0 Å². The van der Waals surface area contributed by atoms with Crippen LogP contribution in [0.25, 0.3) is 0 Å². The molecule has 0 saturated heterocycles. The average Bonchev–Trinajstić information content (AvgIpc) is 2.38. The van der Waals surface area contributed by atoms with Gasteiger partial charge in [0.2, 0.25) is 0 Å². The van der Waals surface area contributed by atoms with Crippen LogP contribution in [0, 0.1) is 11.8 Å². The first-order valence-corrected chi connectivity index (χ1v) is 7.51. The standard InChI is InChI=1S/C17H27N/c1-4-7-13(2)12-15-11-10-14-8-5-6-9-16(14)17(15)18-3/h5-6,8-9,13,15,17-18H,4,7,10-12H2,1-3H3. The quantitative estimate of drug-likeness (QED) is 0.814. The van der Waals surface area contributed by atoms with E-state index >= 15 is 0 Å². The van der Waals surface area contributed by atoms with E-state index < -0.39 is 0 Å². The van der Waals surface area contributed by atoms with E-state index in [2.05, 4.69) is 50.5 Å². The molecule has 0 aliphatic heterocycles. The molecule has 100 valence electrons. The van der Waals surface area contributed by atoms with Gasteiger partial charge in [-0.25, -0.2) is 0 Å². The molecule has 1 aliphatic rings. The molecule has 18 heavy (non-hydrogen) atoms. The second-order valence-electron chi connectivity index (χ2n) is 5.89. The van der Waals surface area contributed by atoms with Gasteiger partial charge >= 0.3 is 0 Å². The molecule has 0 amide bonds. The Balaban J connectivity index is 2.10. The Morgan fingerprint density at radius 1 is 1.33 bits per heavy atom.